The van der Waals surface area contributed by atoms with Gasteiger partial charge in [0, 0.05) is 0 Å². The average Bonchev–Trinajstić information content (AvgIpc) is 3.85. The molecule has 2 aromatic heterocycles. The van der Waals surface area contributed by atoms with E-state index in [-0.39, 0.29) is 6.61 Å². The molecule has 4 atom stereocenters. The normalized spacial score (nSPS) is 18.5. The first-order valence-corrected chi connectivity index (χ1v) is 19.3. The minimum atomic E-state index is -1.70. The number of rotatable bonds is 12. The number of hydrogen-bond acceptors (Lipinski definition) is 6. The molecule has 6 aromatic carbocycles. The van der Waals surface area contributed by atoms with Gasteiger partial charge in [-0.3, -0.25) is 4.57 Å². The Hall–Kier alpha value is -6.10. The summed E-state index contributed by atoms with van der Waals surface area (Å²) in [6, 6.07) is 60.2. The van der Waals surface area contributed by atoms with Gasteiger partial charge in [-0.1, -0.05) is 194 Å². The van der Waals surface area contributed by atoms with Crippen LogP contribution in [-0.4, -0.2) is 44.5 Å². The lowest BCUT2D eigenvalue weighted by atomic mass is 9.79. The number of aromatic nitrogens is 4. The molecule has 0 spiro atoms. The summed E-state index contributed by atoms with van der Waals surface area (Å²) in [6.45, 7) is -0.0468. The highest BCUT2D eigenvalue weighted by atomic mass is 32.1. The zero-order valence-electron chi connectivity index (χ0n) is 30.8. The molecular formula is C48H39FN4O3S. The number of benzene rings is 6. The molecule has 282 valence electrons. The van der Waals surface area contributed by atoms with Gasteiger partial charge in [0.2, 0.25) is 0 Å². The highest BCUT2D eigenvalue weighted by Crippen LogP contribution is 2.47. The van der Waals surface area contributed by atoms with Gasteiger partial charge in [0.15, 0.2) is 18.0 Å². The fraction of sp³-hybridized carbons (Fsp3) is 0.146. The van der Waals surface area contributed by atoms with E-state index in [0.717, 1.165) is 33.4 Å². The van der Waals surface area contributed by atoms with Crippen LogP contribution in [0.3, 0.4) is 0 Å². The Morgan fingerprint density at radius 2 is 1.00 bits per heavy atom. The predicted molar refractivity (Wildman–Crippen MR) is 221 cm³/mol. The molecule has 9 rings (SSSR count). The van der Waals surface area contributed by atoms with Gasteiger partial charge in [0.1, 0.15) is 33.6 Å². The summed E-state index contributed by atoms with van der Waals surface area (Å²) in [4.78, 5) is 12.0. The third-order valence-electron chi connectivity index (χ3n) is 10.8. The van der Waals surface area contributed by atoms with Crippen molar-refractivity contribution >= 4 is 23.4 Å². The maximum absolute atomic E-state index is 17.9. The molecule has 0 radical (unpaired) electrons. The third kappa shape index (κ3) is 6.58. The number of hydrogen-bond donors (Lipinski definition) is 1. The quantitative estimate of drug-likeness (QED) is 0.0985. The molecule has 0 amide bonds. The molecule has 1 fully saturated rings. The molecular weight excluding hydrogens is 732 g/mol. The summed E-state index contributed by atoms with van der Waals surface area (Å²) >= 11 is 5.52. The van der Waals surface area contributed by atoms with Gasteiger partial charge >= 0.3 is 0 Å². The fourth-order valence-corrected chi connectivity index (χ4v) is 8.34. The van der Waals surface area contributed by atoms with Crippen molar-refractivity contribution < 1.29 is 18.6 Å². The van der Waals surface area contributed by atoms with Crippen molar-refractivity contribution in [2.45, 2.75) is 35.8 Å². The molecule has 1 N–H and O–H groups in total. The predicted octanol–water partition coefficient (Wildman–Crippen LogP) is 10.1. The van der Waals surface area contributed by atoms with Crippen LogP contribution < -0.4 is 0 Å². The van der Waals surface area contributed by atoms with Crippen molar-refractivity contribution in [1.29, 1.82) is 0 Å². The van der Waals surface area contributed by atoms with E-state index in [9.17, 15) is 0 Å². The van der Waals surface area contributed by atoms with E-state index < -0.39 is 35.8 Å². The van der Waals surface area contributed by atoms with Gasteiger partial charge in [-0.15, -0.1) is 0 Å². The van der Waals surface area contributed by atoms with Crippen molar-refractivity contribution in [3.8, 4) is 0 Å². The minimum Gasteiger partial charge on any atom is -0.358 e. The Kier molecular flexibility index (Phi) is 10.1. The van der Waals surface area contributed by atoms with Gasteiger partial charge in [0.25, 0.3) is 0 Å². The maximum Gasteiger partial charge on any atom is 0.174 e. The number of nitrogens with zero attached hydrogens (tertiary/aromatic N) is 3. The molecule has 1 saturated heterocycles. The van der Waals surface area contributed by atoms with Gasteiger partial charge < -0.3 is 19.2 Å². The van der Waals surface area contributed by atoms with Crippen LogP contribution in [0.4, 0.5) is 4.39 Å². The molecule has 8 aromatic rings. The van der Waals surface area contributed by atoms with Crippen molar-refractivity contribution in [3.05, 3.63) is 233 Å². The van der Waals surface area contributed by atoms with Crippen molar-refractivity contribution in [2.75, 3.05) is 6.61 Å². The van der Waals surface area contributed by atoms with Crippen molar-refractivity contribution in [3.63, 3.8) is 0 Å². The van der Waals surface area contributed by atoms with Crippen LogP contribution in [0, 0.1) is 4.64 Å². The Bertz CT molecular complexity index is 2400. The summed E-state index contributed by atoms with van der Waals surface area (Å²) in [5, 5.41) is 0. The molecule has 0 aliphatic carbocycles. The van der Waals surface area contributed by atoms with Crippen molar-refractivity contribution in [2.24, 2.45) is 0 Å². The lowest BCUT2D eigenvalue weighted by Crippen LogP contribution is -2.45. The number of aromatic amines is 1. The number of nitrogens with one attached hydrogen (secondary N) is 1. The summed E-state index contributed by atoms with van der Waals surface area (Å²) in [6.07, 6.45) is -1.94. The highest BCUT2D eigenvalue weighted by Gasteiger charge is 2.53. The topological polar surface area (TPSA) is 74.2 Å². The Morgan fingerprint density at radius 1 is 0.596 bits per heavy atom. The second kappa shape index (κ2) is 15.8. The molecule has 1 aliphatic heterocycles. The zero-order valence-corrected chi connectivity index (χ0v) is 31.7. The van der Waals surface area contributed by atoms with Gasteiger partial charge in [0.05, 0.1) is 19.3 Å². The molecule has 0 bridgehead atoms. The number of halogens is 1. The minimum absolute atomic E-state index is 0.0468. The molecule has 7 nitrogen and oxygen atoms in total. The molecule has 1 aliphatic rings. The number of ether oxygens (including phenoxy) is 3. The molecule has 9 heteroatoms. The number of imidazole rings is 1. The number of fused-ring (bicyclic) bond motifs is 1. The van der Waals surface area contributed by atoms with E-state index in [1.807, 2.05) is 146 Å². The van der Waals surface area contributed by atoms with Crippen molar-refractivity contribution in [1.82, 2.24) is 19.5 Å². The Morgan fingerprint density at radius 3 is 1.42 bits per heavy atom. The average molecular weight is 771 g/mol. The Balaban J connectivity index is 1.21. The van der Waals surface area contributed by atoms with Crippen LogP contribution in [0.15, 0.2) is 195 Å². The van der Waals surface area contributed by atoms with Crippen LogP contribution in [0.2, 0.25) is 0 Å². The number of H-pyrrole nitrogens is 1. The first-order valence-electron chi connectivity index (χ1n) is 18.9. The van der Waals surface area contributed by atoms with E-state index in [4.69, 9.17) is 26.4 Å². The van der Waals surface area contributed by atoms with E-state index in [0.29, 0.717) is 15.8 Å². The zero-order chi connectivity index (χ0) is 38.7. The molecule has 0 saturated carbocycles. The SMILES string of the molecule is F[C@H]1[C@H](OC(c2ccccc2)(c2ccccc2)c2ccccc2)[C@@H](COC(c2ccccc2)(c2ccccc2)c2ccccc2)O[C@H]1n1cnc2c(=S)[nH]cnc21. The molecule has 0 unspecified atom stereocenters. The van der Waals surface area contributed by atoms with E-state index >= 15 is 4.39 Å². The van der Waals surface area contributed by atoms with Crippen LogP contribution in [0.1, 0.15) is 39.6 Å². The van der Waals surface area contributed by atoms with E-state index in [2.05, 4.69) is 51.4 Å². The Labute approximate surface area is 335 Å². The van der Waals surface area contributed by atoms with Crippen LogP contribution in [0.25, 0.3) is 11.2 Å². The standard InChI is InChI=1S/C48H39FN4O3S/c49-41-43(56-48(37-25-13-4-14-26-37,38-27-15-5-16-28-38)39-29-17-6-18-30-39)40(55-46(41)53-33-52-42-44(53)50-32-51-45(42)57)31-54-47(34-19-7-1-8-20-34,35-21-9-2-10-22-35)36-23-11-3-12-24-36/h1-30,32-33,40-41,43,46H,31H2,(H,50,51,57)/t40-,41+,43-,46-/m1/s1. The van der Waals surface area contributed by atoms with Gasteiger partial charge in [-0.05, 0) is 33.4 Å². The van der Waals surface area contributed by atoms with Gasteiger partial charge in [-0.2, -0.15) is 0 Å². The van der Waals surface area contributed by atoms with Crippen LogP contribution in [0.5, 0.6) is 0 Å². The second-order valence-corrected chi connectivity index (χ2v) is 14.4. The summed E-state index contributed by atoms with van der Waals surface area (Å²) in [5.41, 5.74) is 3.77. The smallest absolute Gasteiger partial charge is 0.174 e. The molecule has 3 heterocycles. The lowest BCUT2D eigenvalue weighted by Gasteiger charge is -2.40. The fourth-order valence-electron chi connectivity index (χ4n) is 8.14. The second-order valence-electron chi connectivity index (χ2n) is 14.0. The van der Waals surface area contributed by atoms with Crippen LogP contribution in [-0.2, 0) is 25.4 Å². The highest BCUT2D eigenvalue weighted by molar-refractivity contribution is 7.71. The largest absolute Gasteiger partial charge is 0.358 e. The third-order valence-corrected chi connectivity index (χ3v) is 11.1. The van der Waals surface area contributed by atoms with Crippen LogP contribution >= 0.6 is 12.2 Å². The molecule has 57 heavy (non-hydrogen) atoms. The summed E-state index contributed by atoms with van der Waals surface area (Å²) < 4.78 is 41.6. The lowest BCUT2D eigenvalue weighted by molar-refractivity contribution is -0.128. The first-order chi connectivity index (χ1) is 28.1. The van der Waals surface area contributed by atoms with E-state index in [1.54, 1.807) is 4.57 Å². The van der Waals surface area contributed by atoms with Gasteiger partial charge in [-0.25, -0.2) is 14.4 Å². The first kappa shape index (κ1) is 36.5. The van der Waals surface area contributed by atoms with E-state index in [1.165, 1.54) is 12.7 Å². The summed E-state index contributed by atoms with van der Waals surface area (Å²) in [5.74, 6) is 0. The summed E-state index contributed by atoms with van der Waals surface area (Å²) in [7, 11) is 0. The number of alkyl halides is 1. The maximum atomic E-state index is 17.9. The monoisotopic (exact) mass is 770 g/mol.